The number of amides is 3. The van der Waals surface area contributed by atoms with E-state index in [4.69, 9.17) is 83.8 Å². The minimum absolute atomic E-state index is 0.0377. The van der Waals surface area contributed by atoms with Gasteiger partial charge in [-0.05, 0) is 186 Å². The van der Waals surface area contributed by atoms with Crippen molar-refractivity contribution in [3.8, 4) is 28.3 Å². The van der Waals surface area contributed by atoms with Gasteiger partial charge in [0.2, 0.25) is 17.7 Å². The topological polar surface area (TPSA) is 391 Å². The fourth-order valence-electron chi connectivity index (χ4n) is 17.4. The Morgan fingerprint density at radius 1 is 0.481 bits per heavy atom. The summed E-state index contributed by atoms with van der Waals surface area (Å²) in [5.41, 5.74) is 17.6. The monoisotopic (exact) mass is 1910 g/mol. The smallest absolute Gasteiger partial charge is 0.399 e. The lowest BCUT2D eigenvalue weighted by Gasteiger charge is -2.40. The Labute approximate surface area is 788 Å². The maximum absolute atomic E-state index is 15.2. The van der Waals surface area contributed by atoms with Crippen molar-refractivity contribution in [2.45, 2.75) is 190 Å². The van der Waals surface area contributed by atoms with Gasteiger partial charge in [0.05, 0.1) is 105 Å². The molecule has 6 saturated carbocycles. The van der Waals surface area contributed by atoms with Crippen LogP contribution < -0.4 is 54.7 Å². The molecule has 0 spiro atoms. The van der Waals surface area contributed by atoms with Crippen molar-refractivity contribution in [3.63, 3.8) is 0 Å². The molecule has 6 aliphatic carbocycles. The Morgan fingerprint density at radius 2 is 0.850 bits per heavy atom. The van der Waals surface area contributed by atoms with Gasteiger partial charge in [-0.15, -0.1) is 0 Å². The highest BCUT2D eigenvalue weighted by Gasteiger charge is 2.53. The van der Waals surface area contributed by atoms with Gasteiger partial charge in [-0.3, -0.25) is 24.2 Å². The van der Waals surface area contributed by atoms with Gasteiger partial charge in [0.25, 0.3) is 5.56 Å². The van der Waals surface area contributed by atoms with E-state index in [9.17, 15) is 38.0 Å². The van der Waals surface area contributed by atoms with Gasteiger partial charge >= 0.3 is 24.2 Å². The molecule has 0 radical (unpaired) electrons. The molecule has 133 heavy (non-hydrogen) atoms. The van der Waals surface area contributed by atoms with E-state index in [1.807, 2.05) is 56.2 Å². The van der Waals surface area contributed by atoms with Crippen LogP contribution in [0.5, 0.6) is 0 Å². The largest absolute Gasteiger partial charge is 0.499 e. The molecule has 6 N–H and O–H groups in total. The van der Waals surface area contributed by atoms with Crippen molar-refractivity contribution >= 4 is 144 Å². The average molecular weight is 1910 g/mol. The van der Waals surface area contributed by atoms with Crippen LogP contribution >= 0.6 is 58.0 Å². The lowest BCUT2D eigenvalue weighted by atomic mass is 9.77. The number of H-pyrrole nitrogens is 1. The van der Waals surface area contributed by atoms with Crippen molar-refractivity contribution in [1.29, 1.82) is 0 Å². The van der Waals surface area contributed by atoms with Crippen LogP contribution in [0.3, 0.4) is 0 Å². The number of aromatic nitrogens is 15. The summed E-state index contributed by atoms with van der Waals surface area (Å²) in [6, 6.07) is 13.9. The van der Waals surface area contributed by atoms with E-state index in [1.54, 1.807) is 59.1 Å². The number of nitrogens with two attached hydrogens (primary N) is 2. The fraction of sp³-hybridized carbons (Fsp3) is 0.419. The molecule has 4 saturated heterocycles. The quantitative estimate of drug-likeness (QED) is 0.0302. The molecular formula is C93H99BCl5F2N23O9. The van der Waals surface area contributed by atoms with Crippen molar-refractivity contribution < 1.29 is 32.5 Å². The molecule has 40 heteroatoms. The van der Waals surface area contributed by atoms with Gasteiger partial charge in [0.15, 0.2) is 16.9 Å². The summed E-state index contributed by atoms with van der Waals surface area (Å²) in [7, 11) is -0.749. The van der Waals surface area contributed by atoms with Gasteiger partial charge in [-0.25, -0.2) is 81.7 Å². The van der Waals surface area contributed by atoms with Crippen LogP contribution in [0.25, 0.3) is 61.4 Å². The molecule has 10 fully saturated rings. The van der Waals surface area contributed by atoms with E-state index in [1.165, 1.54) is 56.2 Å². The van der Waals surface area contributed by atoms with Gasteiger partial charge in [-0.1, -0.05) is 89.9 Å². The van der Waals surface area contributed by atoms with Crippen LogP contribution in [0.4, 0.5) is 31.8 Å². The Morgan fingerprint density at radius 3 is 1.23 bits per heavy atom. The highest BCUT2D eigenvalue weighted by atomic mass is 35.5. The number of piperazine rings is 3. The molecule has 4 aliphatic heterocycles. The number of nitrogens with zero attached hydrogens (tertiary/aromatic N) is 19. The number of benzene rings is 2. The SMILES string of the molecule is C=CC(=O)N1CCN(c2nc(=O)n(-c3c(C4CC4)ncnc3C3CC3)c3nc(-c4c(N)cccc4F)c(Cl)cc23)[C@@H](C)C1.C=CC(=O)N1CCN(c2nc(=O)n(-c3c(C4CC4)ncnc3C3CC3)c3nc(Cl)c(Cl)cc23)[C@@H](C)C1.C=CC(=O)N1CCN[C@@H](C)C1.CC1(C)OB(c2c(N)cccc2F)OC1(C)C.O=c1[nH]c(=O)n(-c2c(C3CC3)ncnc2C2CC2)c2nc(Cl)c(Cl)cc12. The van der Waals surface area contributed by atoms with Gasteiger partial charge in [0.1, 0.15) is 52.6 Å². The van der Waals surface area contributed by atoms with Crippen LogP contribution in [-0.4, -0.2) is 201 Å². The molecule has 692 valence electrons. The first-order valence-electron chi connectivity index (χ1n) is 44.6. The molecular weight excluding hydrogens is 1810 g/mol. The van der Waals surface area contributed by atoms with E-state index in [2.05, 4.69) is 86.8 Å². The number of anilines is 4. The molecule has 9 aromatic heterocycles. The number of carbonyl (C=O) groups is 3. The van der Waals surface area contributed by atoms with Crippen molar-refractivity contribution in [3.05, 3.63) is 225 Å². The predicted octanol–water partition coefficient (Wildman–Crippen LogP) is 13.1. The summed E-state index contributed by atoms with van der Waals surface area (Å²) in [6.07, 6.45) is 20.8. The maximum Gasteiger partial charge on any atom is 0.499 e. The zero-order chi connectivity index (χ0) is 94.2. The number of carbonyl (C=O) groups excluding carboxylic acids is 3. The van der Waals surface area contributed by atoms with Crippen molar-refractivity contribution in [1.82, 2.24) is 93.5 Å². The second-order valence-corrected chi connectivity index (χ2v) is 38.2. The minimum atomic E-state index is -0.749. The third-order valence-corrected chi connectivity index (χ3v) is 27.6. The van der Waals surface area contributed by atoms with E-state index < -0.39 is 52.6 Å². The number of nitrogen functional groups attached to an aromatic ring is 2. The van der Waals surface area contributed by atoms with E-state index >= 15 is 4.39 Å². The second-order valence-electron chi connectivity index (χ2n) is 36.2. The number of halogens is 7. The zero-order valence-electron chi connectivity index (χ0n) is 74.4. The maximum atomic E-state index is 15.2. The third-order valence-electron chi connectivity index (χ3n) is 25.9. The molecule has 32 nitrogen and oxygen atoms in total. The van der Waals surface area contributed by atoms with Gasteiger partial charge in [-0.2, -0.15) is 9.97 Å². The number of nitrogens with one attached hydrogen (secondary N) is 2. The van der Waals surface area contributed by atoms with E-state index in [0.29, 0.717) is 120 Å². The summed E-state index contributed by atoms with van der Waals surface area (Å²) in [4.78, 5) is 150. The second kappa shape index (κ2) is 37.7. The first-order valence-corrected chi connectivity index (χ1v) is 46.5. The summed E-state index contributed by atoms with van der Waals surface area (Å²) in [6.45, 7) is 29.6. The number of fused-ring (bicyclic) bond motifs is 3. The Hall–Kier alpha value is -11.6. The summed E-state index contributed by atoms with van der Waals surface area (Å²) in [5, 5.41) is 5.35. The molecule has 0 bridgehead atoms. The van der Waals surface area contributed by atoms with Crippen LogP contribution in [0.2, 0.25) is 25.4 Å². The van der Waals surface area contributed by atoms with E-state index in [-0.39, 0.29) is 106 Å². The Bertz CT molecular complexity index is 6650. The molecule has 2 aromatic carbocycles. The predicted molar refractivity (Wildman–Crippen MR) is 510 cm³/mol. The number of hydrogen-bond acceptors (Lipinski definition) is 25. The molecule has 11 aromatic rings. The number of pyridine rings is 3. The summed E-state index contributed by atoms with van der Waals surface area (Å²) < 4.78 is 44.9. The first kappa shape index (κ1) is 93.3. The van der Waals surface area contributed by atoms with Crippen LogP contribution in [0.1, 0.15) is 195 Å². The molecule has 10 aliphatic rings. The van der Waals surface area contributed by atoms with Gasteiger partial charge < -0.3 is 50.6 Å². The number of rotatable bonds is 16. The molecule has 13 heterocycles. The zero-order valence-corrected chi connectivity index (χ0v) is 78.2. The molecule has 21 rings (SSSR count). The minimum Gasteiger partial charge on any atom is -0.399 e. The Kier molecular flexibility index (Phi) is 26.4. The first-order chi connectivity index (χ1) is 63.7. The van der Waals surface area contributed by atoms with E-state index in [0.717, 1.165) is 131 Å². The summed E-state index contributed by atoms with van der Waals surface area (Å²) in [5.74, 6) is 1.27. The normalized spacial score (nSPS) is 19.7. The van der Waals surface area contributed by atoms with Crippen LogP contribution in [0, 0.1) is 11.6 Å². The lowest BCUT2D eigenvalue weighted by molar-refractivity contribution is -0.127. The van der Waals surface area contributed by atoms with Crippen molar-refractivity contribution in [2.75, 3.05) is 80.2 Å². The number of aromatic amines is 1. The molecule has 3 amide bonds. The van der Waals surface area contributed by atoms with Crippen LogP contribution in [0.15, 0.2) is 131 Å². The highest BCUT2D eigenvalue weighted by Crippen LogP contribution is 2.52. The lowest BCUT2D eigenvalue weighted by Crippen LogP contribution is -2.54. The fourth-order valence-corrected chi connectivity index (χ4v) is 18.2. The summed E-state index contributed by atoms with van der Waals surface area (Å²) >= 11 is 31.7. The standard InChI is InChI=1S/C31H30ClFN8O2.C25H25Cl2N7O2.C17H13Cl2N5O2.C12H17BFNO2.C8H14N2O/c1-3-23(42)39-11-12-40(16(2)14-39)29-19-13-20(32)27(24-21(33)5-4-6-22(24)34)37-30(19)41(31(43)38-29)28-25(17-7-8-17)35-15-36-26(28)18-9-10-18;1-3-18(35)32-8-9-33(13(2)11-32)23-16-10-17(26)22(27)30-24(16)34(25(36)31-23)21-19(14-4-5-14)28-12-29-20(21)15-6-7-15;18-10-5-9-15(22-14(10)19)24(17(26)23-16(9)25)13-11(7-1-2-7)20-6-21-12(13)8-3-4-8;1-11(2)12(3,4)17-13(16-11)10-8(14)6-5-7-9(10)15;1-3-8(11)10-5-4-9-7(2)6-10/h3-6,13,15-18H,1,7-12,14,34H2,2H3;3,10,12-15H,1,4-9,11H2,2H3;5-8H,1-4H2,(H,23,25,26);5-7H,15H2,1-4H3;3,7,9H,1,4-6H2,2H3/t16-;13-;;;7-/m00..0/s1. The van der Waals surface area contributed by atoms with Gasteiger partial charge in [0, 0.05) is 129 Å². The third kappa shape index (κ3) is 19.1. The average Bonchev–Trinajstić information content (AvgIpc) is 1.52. The molecule has 0 unspecified atom stereocenters. The molecule has 3 atom stereocenters. The number of hydrogen-bond donors (Lipinski definition) is 4. The van der Waals surface area contributed by atoms with Crippen LogP contribution in [-0.2, 0) is 23.7 Å². The highest BCUT2D eigenvalue weighted by molar-refractivity contribution is 6.64. The Balaban J connectivity index is 0.000000124. The van der Waals surface area contributed by atoms with Crippen molar-refractivity contribution in [2.24, 2.45) is 0 Å².